The number of anilines is 1. The van der Waals surface area contributed by atoms with Gasteiger partial charge in [-0.25, -0.2) is 0 Å². The molecule has 128 valence electrons. The van der Waals surface area contributed by atoms with Crippen LogP contribution in [0.4, 0.5) is 5.69 Å². The number of carbonyl (C=O) groups is 2. The first-order valence-corrected chi connectivity index (χ1v) is 7.31. The highest BCUT2D eigenvalue weighted by molar-refractivity contribution is 6.02. The fourth-order valence-electron chi connectivity index (χ4n) is 1.85. The summed E-state index contributed by atoms with van der Waals surface area (Å²) in [6, 6.07) is 10.1. The number of likely N-dealkylation sites (N-methyl/N-ethyl adjacent to an activating group) is 1. The van der Waals surface area contributed by atoms with E-state index < -0.39 is 0 Å². The smallest absolute Gasteiger partial charge is 0.291 e. The van der Waals surface area contributed by atoms with E-state index in [1.54, 1.807) is 57.6 Å². The number of benzene rings is 1. The maximum atomic E-state index is 12.2. The highest BCUT2D eigenvalue weighted by Gasteiger charge is 2.12. The van der Waals surface area contributed by atoms with Crippen molar-refractivity contribution in [2.24, 2.45) is 0 Å². The number of methoxy groups -OCH3 is 1. The molecule has 7 heteroatoms. The van der Waals surface area contributed by atoms with Gasteiger partial charge < -0.3 is 24.1 Å². The third-order valence-corrected chi connectivity index (χ3v) is 3.13. The molecule has 1 heterocycles. The van der Waals surface area contributed by atoms with Gasteiger partial charge in [-0.1, -0.05) is 6.07 Å². The summed E-state index contributed by atoms with van der Waals surface area (Å²) in [6.07, 6.45) is 0. The molecule has 0 aliphatic carbocycles. The molecular weight excluding hydrogens is 312 g/mol. The molecule has 0 aliphatic heterocycles. The van der Waals surface area contributed by atoms with E-state index in [2.05, 4.69) is 5.32 Å². The maximum Gasteiger partial charge on any atom is 0.291 e. The van der Waals surface area contributed by atoms with Crippen LogP contribution < -0.4 is 10.1 Å². The Kier molecular flexibility index (Phi) is 5.97. The van der Waals surface area contributed by atoms with Crippen molar-refractivity contribution >= 4 is 17.5 Å². The monoisotopic (exact) mass is 332 g/mol. The first-order valence-electron chi connectivity index (χ1n) is 7.31. The van der Waals surface area contributed by atoms with Crippen molar-refractivity contribution in [3.05, 3.63) is 47.9 Å². The van der Waals surface area contributed by atoms with Gasteiger partial charge in [-0.3, -0.25) is 9.59 Å². The summed E-state index contributed by atoms with van der Waals surface area (Å²) in [6.45, 7) is 0.236. The van der Waals surface area contributed by atoms with Gasteiger partial charge in [-0.2, -0.15) is 0 Å². The number of hydrogen-bond donors (Lipinski definition) is 1. The van der Waals surface area contributed by atoms with Gasteiger partial charge in [-0.15, -0.1) is 0 Å². The first-order chi connectivity index (χ1) is 11.5. The Morgan fingerprint density at radius 3 is 2.71 bits per heavy atom. The molecule has 0 saturated heterocycles. The lowest BCUT2D eigenvalue weighted by Crippen LogP contribution is -2.27. The van der Waals surface area contributed by atoms with E-state index in [1.165, 1.54) is 4.90 Å². The number of carbonyl (C=O) groups excluding carboxylic acids is 2. The zero-order valence-corrected chi connectivity index (χ0v) is 13.9. The molecule has 24 heavy (non-hydrogen) atoms. The second kappa shape index (κ2) is 8.16. The molecule has 0 bridgehead atoms. The molecule has 1 N–H and O–H groups in total. The predicted octanol–water partition coefficient (Wildman–Crippen LogP) is 2.15. The van der Waals surface area contributed by atoms with E-state index in [9.17, 15) is 9.59 Å². The lowest BCUT2D eigenvalue weighted by atomic mass is 10.3. The van der Waals surface area contributed by atoms with Gasteiger partial charge in [-0.05, 0) is 24.3 Å². The van der Waals surface area contributed by atoms with Crippen LogP contribution >= 0.6 is 0 Å². The van der Waals surface area contributed by atoms with Crippen molar-refractivity contribution in [1.29, 1.82) is 0 Å². The second-order valence-electron chi connectivity index (χ2n) is 5.26. The van der Waals surface area contributed by atoms with Crippen molar-refractivity contribution in [3.8, 4) is 5.75 Å². The van der Waals surface area contributed by atoms with Gasteiger partial charge >= 0.3 is 0 Å². The highest BCUT2D eigenvalue weighted by atomic mass is 16.5. The molecule has 0 atom stereocenters. The Hall–Kier alpha value is -2.80. The molecule has 0 aliphatic rings. The molecule has 2 amide bonds. The molecule has 1 aromatic heterocycles. The Labute approximate surface area is 140 Å². The molecule has 0 unspecified atom stereocenters. The van der Waals surface area contributed by atoms with Crippen molar-refractivity contribution in [1.82, 2.24) is 4.90 Å². The minimum Gasteiger partial charge on any atom is -0.484 e. The van der Waals surface area contributed by atoms with E-state index >= 15 is 0 Å². The van der Waals surface area contributed by atoms with Crippen LogP contribution in [0.25, 0.3) is 0 Å². The third-order valence-electron chi connectivity index (χ3n) is 3.13. The van der Waals surface area contributed by atoms with E-state index in [1.807, 2.05) is 0 Å². The number of hydrogen-bond acceptors (Lipinski definition) is 5. The maximum absolute atomic E-state index is 12.2. The lowest BCUT2D eigenvalue weighted by Gasteiger charge is -2.12. The van der Waals surface area contributed by atoms with Gasteiger partial charge in [0.15, 0.2) is 12.4 Å². The van der Waals surface area contributed by atoms with Crippen LogP contribution in [-0.4, -0.2) is 44.5 Å². The predicted molar refractivity (Wildman–Crippen MR) is 88.0 cm³/mol. The summed E-state index contributed by atoms with van der Waals surface area (Å²) in [7, 11) is 4.86. The summed E-state index contributed by atoms with van der Waals surface area (Å²) >= 11 is 0. The van der Waals surface area contributed by atoms with Crippen molar-refractivity contribution in [2.75, 3.05) is 33.1 Å². The van der Waals surface area contributed by atoms with Crippen molar-refractivity contribution < 1.29 is 23.5 Å². The molecule has 0 spiro atoms. The molecule has 0 radical (unpaired) electrons. The highest BCUT2D eigenvalue weighted by Crippen LogP contribution is 2.19. The van der Waals surface area contributed by atoms with Gasteiger partial charge in [0.2, 0.25) is 0 Å². The fraction of sp³-hybridized carbons (Fsp3) is 0.294. The van der Waals surface area contributed by atoms with E-state index in [0.29, 0.717) is 23.8 Å². The Balaban J connectivity index is 1.97. The van der Waals surface area contributed by atoms with E-state index in [-0.39, 0.29) is 24.2 Å². The SMILES string of the molecule is COCc1ccc(C(=O)Nc2cccc(OCC(=O)N(C)C)c2)o1. The van der Waals surface area contributed by atoms with E-state index in [0.717, 1.165) is 0 Å². The van der Waals surface area contributed by atoms with Crippen LogP contribution in [-0.2, 0) is 16.1 Å². The average Bonchev–Trinajstić information content (AvgIpc) is 3.02. The normalized spacial score (nSPS) is 10.3. The second-order valence-corrected chi connectivity index (χ2v) is 5.26. The van der Waals surface area contributed by atoms with Gasteiger partial charge in [0.25, 0.3) is 11.8 Å². The molecule has 2 aromatic rings. The molecule has 0 fully saturated rings. The Bertz CT molecular complexity index is 709. The summed E-state index contributed by atoms with van der Waals surface area (Å²) < 4.78 is 15.7. The Morgan fingerprint density at radius 1 is 1.21 bits per heavy atom. The third kappa shape index (κ3) is 4.85. The van der Waals surface area contributed by atoms with Crippen molar-refractivity contribution in [2.45, 2.75) is 6.61 Å². The number of rotatable bonds is 7. The fourth-order valence-corrected chi connectivity index (χ4v) is 1.85. The van der Waals surface area contributed by atoms with Gasteiger partial charge in [0.05, 0.1) is 0 Å². The summed E-state index contributed by atoms with van der Waals surface area (Å²) in [4.78, 5) is 25.1. The molecular formula is C17H20N2O5. The summed E-state index contributed by atoms with van der Waals surface area (Å²) in [5, 5.41) is 2.72. The largest absolute Gasteiger partial charge is 0.484 e. The Morgan fingerprint density at radius 2 is 2.00 bits per heavy atom. The minimum atomic E-state index is -0.376. The van der Waals surface area contributed by atoms with Crippen LogP contribution in [0.15, 0.2) is 40.8 Å². The zero-order chi connectivity index (χ0) is 17.5. The summed E-state index contributed by atoms with van der Waals surface area (Å²) in [5.41, 5.74) is 0.541. The summed E-state index contributed by atoms with van der Waals surface area (Å²) in [5.74, 6) is 0.727. The number of amides is 2. The van der Waals surface area contributed by atoms with E-state index in [4.69, 9.17) is 13.9 Å². The van der Waals surface area contributed by atoms with Crippen LogP contribution in [0.1, 0.15) is 16.3 Å². The standard InChI is InChI=1S/C17H20N2O5/c1-19(2)16(20)11-23-13-6-4-5-12(9-13)18-17(21)15-8-7-14(24-15)10-22-3/h4-9H,10-11H2,1-3H3,(H,18,21). The quantitative estimate of drug-likeness (QED) is 0.840. The zero-order valence-electron chi connectivity index (χ0n) is 13.9. The number of furan rings is 1. The van der Waals surface area contributed by atoms with Crippen LogP contribution in [0.3, 0.4) is 0 Å². The van der Waals surface area contributed by atoms with Gasteiger partial charge in [0, 0.05) is 33.0 Å². The van der Waals surface area contributed by atoms with Crippen molar-refractivity contribution in [3.63, 3.8) is 0 Å². The number of ether oxygens (including phenoxy) is 2. The lowest BCUT2D eigenvalue weighted by molar-refractivity contribution is -0.130. The first kappa shape index (κ1) is 17.6. The van der Waals surface area contributed by atoms with Crippen LogP contribution in [0.5, 0.6) is 5.75 Å². The topological polar surface area (TPSA) is 81.0 Å². The van der Waals surface area contributed by atoms with Gasteiger partial charge in [0.1, 0.15) is 18.1 Å². The minimum absolute atomic E-state index is 0.0665. The molecule has 1 aromatic carbocycles. The van der Waals surface area contributed by atoms with Crippen LogP contribution in [0, 0.1) is 0 Å². The number of nitrogens with zero attached hydrogens (tertiary/aromatic N) is 1. The molecule has 0 saturated carbocycles. The molecule has 2 rings (SSSR count). The molecule has 7 nitrogen and oxygen atoms in total. The van der Waals surface area contributed by atoms with Crippen LogP contribution in [0.2, 0.25) is 0 Å². The number of nitrogens with one attached hydrogen (secondary N) is 1. The average molecular weight is 332 g/mol.